The van der Waals surface area contributed by atoms with Gasteiger partial charge in [0.2, 0.25) is 0 Å². The quantitative estimate of drug-likeness (QED) is 0.697. The third-order valence-electron chi connectivity index (χ3n) is 2.85. The zero-order valence-electron chi connectivity index (χ0n) is 12.1. The summed E-state index contributed by atoms with van der Waals surface area (Å²) in [4.78, 5) is 4.49. The number of rotatable bonds is 3. The van der Waals surface area contributed by atoms with Crippen LogP contribution in [-0.4, -0.2) is 11.5 Å². The highest BCUT2D eigenvalue weighted by molar-refractivity contribution is 7.98. The predicted molar refractivity (Wildman–Crippen MR) is 85.6 cm³/mol. The maximum Gasteiger partial charge on any atom is 0.124 e. The molecule has 0 aliphatic rings. The van der Waals surface area contributed by atoms with Crippen LogP contribution in [0.25, 0.3) is 0 Å². The SMILES string of the molecule is Cc1cc(C)nc(SCc2ccc(F)cc2C#CCN)c1. The summed E-state index contributed by atoms with van der Waals surface area (Å²) in [5.41, 5.74) is 9.25. The number of benzene rings is 1. The van der Waals surface area contributed by atoms with Crippen molar-refractivity contribution in [3.63, 3.8) is 0 Å². The van der Waals surface area contributed by atoms with Gasteiger partial charge in [-0.2, -0.15) is 0 Å². The van der Waals surface area contributed by atoms with Crippen molar-refractivity contribution in [1.29, 1.82) is 0 Å². The Kier molecular flexibility index (Phi) is 5.38. The van der Waals surface area contributed by atoms with E-state index >= 15 is 0 Å². The molecule has 1 heterocycles. The maximum absolute atomic E-state index is 13.3. The number of thioether (sulfide) groups is 1. The van der Waals surface area contributed by atoms with E-state index in [4.69, 9.17) is 5.73 Å². The molecule has 21 heavy (non-hydrogen) atoms. The second-order valence-electron chi connectivity index (χ2n) is 4.72. The van der Waals surface area contributed by atoms with E-state index in [9.17, 15) is 4.39 Å². The average molecular weight is 300 g/mol. The van der Waals surface area contributed by atoms with Crippen LogP contribution in [0, 0.1) is 31.5 Å². The number of aromatic nitrogens is 1. The van der Waals surface area contributed by atoms with Gasteiger partial charge < -0.3 is 5.73 Å². The molecule has 0 aliphatic heterocycles. The summed E-state index contributed by atoms with van der Waals surface area (Å²) < 4.78 is 13.3. The molecule has 1 aromatic carbocycles. The standard InChI is InChI=1S/C17H17FN2S/c1-12-8-13(2)20-17(9-12)21-11-15-5-6-16(18)10-14(15)4-3-7-19/h5-6,8-10H,7,11,19H2,1-2H3. The number of aryl methyl sites for hydroxylation is 2. The minimum Gasteiger partial charge on any atom is -0.320 e. The van der Waals surface area contributed by atoms with E-state index in [2.05, 4.69) is 23.7 Å². The van der Waals surface area contributed by atoms with E-state index < -0.39 is 0 Å². The summed E-state index contributed by atoms with van der Waals surface area (Å²) in [7, 11) is 0. The third kappa shape index (κ3) is 4.59. The molecule has 0 saturated heterocycles. The minimum absolute atomic E-state index is 0.266. The Balaban J connectivity index is 2.19. The van der Waals surface area contributed by atoms with Crippen LogP contribution in [0.1, 0.15) is 22.4 Å². The first-order chi connectivity index (χ1) is 10.1. The number of hydrogen-bond acceptors (Lipinski definition) is 3. The second-order valence-corrected chi connectivity index (χ2v) is 5.72. The molecular formula is C17H17FN2S. The fourth-order valence-corrected chi connectivity index (χ4v) is 3.00. The Labute approximate surface area is 129 Å². The van der Waals surface area contributed by atoms with Crippen LogP contribution in [0.5, 0.6) is 0 Å². The van der Waals surface area contributed by atoms with Crippen molar-refractivity contribution in [2.75, 3.05) is 6.54 Å². The van der Waals surface area contributed by atoms with Gasteiger partial charge in [0.05, 0.1) is 11.6 Å². The Morgan fingerprint density at radius 3 is 2.76 bits per heavy atom. The average Bonchev–Trinajstić information content (AvgIpc) is 2.43. The molecule has 2 aromatic rings. The summed E-state index contributed by atoms with van der Waals surface area (Å²) in [5.74, 6) is 6.12. The first-order valence-electron chi connectivity index (χ1n) is 6.64. The molecule has 0 atom stereocenters. The monoisotopic (exact) mass is 300 g/mol. The van der Waals surface area contributed by atoms with Crippen molar-refractivity contribution in [1.82, 2.24) is 4.98 Å². The van der Waals surface area contributed by atoms with Crippen LogP contribution in [-0.2, 0) is 5.75 Å². The van der Waals surface area contributed by atoms with E-state index in [-0.39, 0.29) is 12.4 Å². The Bertz CT molecular complexity index is 681. The van der Waals surface area contributed by atoms with Gasteiger partial charge in [-0.1, -0.05) is 17.9 Å². The smallest absolute Gasteiger partial charge is 0.124 e. The van der Waals surface area contributed by atoms with Crippen molar-refractivity contribution >= 4 is 11.8 Å². The highest BCUT2D eigenvalue weighted by Crippen LogP contribution is 2.24. The molecule has 0 spiro atoms. The lowest BCUT2D eigenvalue weighted by Crippen LogP contribution is -1.95. The van der Waals surface area contributed by atoms with Gasteiger partial charge >= 0.3 is 0 Å². The first kappa shape index (κ1) is 15.6. The van der Waals surface area contributed by atoms with Crippen LogP contribution < -0.4 is 5.73 Å². The number of nitrogens with two attached hydrogens (primary N) is 1. The van der Waals surface area contributed by atoms with Crippen molar-refractivity contribution in [3.05, 3.63) is 58.5 Å². The van der Waals surface area contributed by atoms with Crippen molar-refractivity contribution < 1.29 is 4.39 Å². The molecule has 2 nitrogen and oxygen atoms in total. The topological polar surface area (TPSA) is 38.9 Å². The number of hydrogen-bond donors (Lipinski definition) is 1. The molecule has 0 radical (unpaired) electrons. The lowest BCUT2D eigenvalue weighted by atomic mass is 10.1. The molecule has 0 unspecified atom stereocenters. The summed E-state index contributed by atoms with van der Waals surface area (Å²) in [6.45, 7) is 4.30. The van der Waals surface area contributed by atoms with Crippen molar-refractivity contribution in [3.8, 4) is 11.8 Å². The largest absolute Gasteiger partial charge is 0.320 e. The van der Waals surface area contributed by atoms with Gasteiger partial charge in [-0.25, -0.2) is 9.37 Å². The minimum atomic E-state index is -0.283. The van der Waals surface area contributed by atoms with Gasteiger partial charge in [0.15, 0.2) is 0 Å². The summed E-state index contributed by atoms with van der Waals surface area (Å²) in [6, 6.07) is 8.77. The fraction of sp³-hybridized carbons (Fsp3) is 0.235. The predicted octanol–water partition coefficient (Wildman–Crippen LogP) is 3.44. The normalized spacial score (nSPS) is 10.1. The lowest BCUT2D eigenvalue weighted by molar-refractivity contribution is 0.627. The molecule has 0 fully saturated rings. The van der Waals surface area contributed by atoms with Gasteiger partial charge in [-0.15, -0.1) is 11.8 Å². The zero-order chi connectivity index (χ0) is 15.2. The molecule has 0 bridgehead atoms. The maximum atomic E-state index is 13.3. The molecule has 108 valence electrons. The van der Waals surface area contributed by atoms with Crippen LogP contribution in [0.2, 0.25) is 0 Å². The molecule has 0 aliphatic carbocycles. The van der Waals surface area contributed by atoms with E-state index in [1.807, 2.05) is 19.1 Å². The van der Waals surface area contributed by atoms with E-state index in [1.165, 1.54) is 17.7 Å². The molecule has 4 heteroatoms. The summed E-state index contributed by atoms with van der Waals surface area (Å²) in [5, 5.41) is 0.967. The Morgan fingerprint density at radius 1 is 1.24 bits per heavy atom. The molecule has 2 rings (SSSR count). The summed E-state index contributed by atoms with van der Waals surface area (Å²) in [6.07, 6.45) is 0. The van der Waals surface area contributed by atoms with E-state index in [0.29, 0.717) is 11.3 Å². The molecule has 1 aromatic heterocycles. The number of pyridine rings is 1. The van der Waals surface area contributed by atoms with E-state index in [1.54, 1.807) is 17.8 Å². The van der Waals surface area contributed by atoms with Crippen LogP contribution in [0.15, 0.2) is 35.4 Å². The first-order valence-corrected chi connectivity index (χ1v) is 7.62. The molecular weight excluding hydrogens is 283 g/mol. The van der Waals surface area contributed by atoms with Crippen LogP contribution in [0.4, 0.5) is 4.39 Å². The van der Waals surface area contributed by atoms with Crippen molar-refractivity contribution in [2.45, 2.75) is 24.6 Å². The van der Waals surface area contributed by atoms with Crippen LogP contribution in [0.3, 0.4) is 0 Å². The number of nitrogens with zero attached hydrogens (tertiary/aromatic N) is 1. The fourth-order valence-electron chi connectivity index (χ4n) is 1.97. The second kappa shape index (κ2) is 7.26. The highest BCUT2D eigenvalue weighted by Gasteiger charge is 2.05. The molecule has 2 N–H and O–H groups in total. The molecule has 0 amide bonds. The highest BCUT2D eigenvalue weighted by atomic mass is 32.2. The van der Waals surface area contributed by atoms with Gasteiger partial charge in [0, 0.05) is 17.0 Å². The van der Waals surface area contributed by atoms with Gasteiger partial charge in [-0.3, -0.25) is 0 Å². The van der Waals surface area contributed by atoms with Gasteiger partial charge in [-0.05, 0) is 49.2 Å². The number of halogens is 1. The Hall–Kier alpha value is -1.83. The summed E-state index contributed by atoms with van der Waals surface area (Å²) >= 11 is 1.62. The van der Waals surface area contributed by atoms with E-state index in [0.717, 1.165) is 16.3 Å². The zero-order valence-corrected chi connectivity index (χ0v) is 12.9. The van der Waals surface area contributed by atoms with Gasteiger partial charge in [0.25, 0.3) is 0 Å². The third-order valence-corrected chi connectivity index (χ3v) is 3.81. The van der Waals surface area contributed by atoms with Crippen LogP contribution >= 0.6 is 11.8 Å². The Morgan fingerprint density at radius 2 is 2.05 bits per heavy atom. The van der Waals surface area contributed by atoms with Gasteiger partial charge in [0.1, 0.15) is 5.82 Å². The van der Waals surface area contributed by atoms with Crippen molar-refractivity contribution in [2.24, 2.45) is 5.73 Å². The lowest BCUT2D eigenvalue weighted by Gasteiger charge is -2.06. The molecule has 0 saturated carbocycles.